The van der Waals surface area contributed by atoms with Crippen LogP contribution in [0.25, 0.3) is 0 Å². The SMILES string of the molecule is Cc1ccc(SCc2[nH]nc3c2C(c2ccco2)C(C#N)C(=N)O3)cc1. The van der Waals surface area contributed by atoms with E-state index in [1.54, 1.807) is 24.1 Å². The Hall–Kier alpha value is -2.98. The zero-order chi connectivity index (χ0) is 18.1. The summed E-state index contributed by atoms with van der Waals surface area (Å²) in [5.41, 5.74) is 2.89. The molecule has 3 aromatic rings. The molecule has 1 aromatic carbocycles. The summed E-state index contributed by atoms with van der Waals surface area (Å²) in [6.07, 6.45) is 1.57. The summed E-state index contributed by atoms with van der Waals surface area (Å²) in [6.45, 7) is 2.06. The number of nitrogens with zero attached hydrogens (tertiary/aromatic N) is 2. The molecule has 0 radical (unpaired) electrons. The summed E-state index contributed by atoms with van der Waals surface area (Å²) in [5.74, 6) is 0.382. The summed E-state index contributed by atoms with van der Waals surface area (Å²) in [7, 11) is 0. The van der Waals surface area contributed by atoms with E-state index in [4.69, 9.17) is 14.6 Å². The fraction of sp³-hybridized carbons (Fsp3) is 0.211. The van der Waals surface area contributed by atoms with E-state index in [1.807, 2.05) is 6.07 Å². The maximum Gasteiger partial charge on any atom is 0.243 e. The number of furan rings is 1. The van der Waals surface area contributed by atoms with Crippen LogP contribution in [0.4, 0.5) is 0 Å². The van der Waals surface area contributed by atoms with Gasteiger partial charge in [0.25, 0.3) is 0 Å². The standard InChI is InChI=1S/C19H16N4O2S/c1-11-4-6-12(7-5-11)26-10-14-17-16(15-3-2-8-24-15)13(9-20)18(21)25-19(17)23-22-14/h2-8,13,16,21H,10H2,1H3,(H,22,23). The Bertz CT molecular complexity index is 970. The van der Waals surface area contributed by atoms with Crippen molar-refractivity contribution in [1.82, 2.24) is 10.2 Å². The van der Waals surface area contributed by atoms with Gasteiger partial charge in [0.2, 0.25) is 11.8 Å². The van der Waals surface area contributed by atoms with Crippen molar-refractivity contribution < 1.29 is 9.15 Å². The predicted octanol–water partition coefficient (Wildman–Crippen LogP) is 4.24. The van der Waals surface area contributed by atoms with Crippen LogP contribution in [0.15, 0.2) is 52.0 Å². The maximum atomic E-state index is 9.57. The number of aryl methyl sites for hydroxylation is 1. The van der Waals surface area contributed by atoms with E-state index in [-0.39, 0.29) is 5.90 Å². The van der Waals surface area contributed by atoms with Crippen LogP contribution in [0.2, 0.25) is 0 Å². The van der Waals surface area contributed by atoms with Gasteiger partial charge in [0, 0.05) is 10.6 Å². The fourth-order valence-electron chi connectivity index (χ4n) is 3.06. The van der Waals surface area contributed by atoms with Crippen LogP contribution < -0.4 is 4.74 Å². The van der Waals surface area contributed by atoms with Gasteiger partial charge in [-0.15, -0.1) is 16.9 Å². The van der Waals surface area contributed by atoms with Crippen molar-refractivity contribution in [3.05, 3.63) is 65.2 Å². The molecule has 130 valence electrons. The van der Waals surface area contributed by atoms with E-state index in [2.05, 4.69) is 47.5 Å². The largest absolute Gasteiger partial charge is 0.469 e. The fourth-order valence-corrected chi connectivity index (χ4v) is 3.92. The van der Waals surface area contributed by atoms with Crippen LogP contribution in [0.1, 0.15) is 28.5 Å². The molecule has 0 spiro atoms. The molecule has 0 fully saturated rings. The van der Waals surface area contributed by atoms with Gasteiger partial charge in [-0.3, -0.25) is 10.5 Å². The average Bonchev–Trinajstić information content (AvgIpc) is 3.30. The first-order chi connectivity index (χ1) is 12.7. The summed E-state index contributed by atoms with van der Waals surface area (Å²) in [4.78, 5) is 1.15. The molecule has 0 saturated heterocycles. The summed E-state index contributed by atoms with van der Waals surface area (Å²) in [5, 5.41) is 24.8. The monoisotopic (exact) mass is 364 g/mol. The Morgan fingerprint density at radius 3 is 2.81 bits per heavy atom. The van der Waals surface area contributed by atoms with Gasteiger partial charge in [0.15, 0.2) is 0 Å². The molecule has 4 rings (SSSR count). The second kappa shape index (κ2) is 6.73. The number of rotatable bonds is 4. The highest BCUT2D eigenvalue weighted by Gasteiger charge is 2.41. The molecule has 2 unspecified atom stereocenters. The summed E-state index contributed by atoms with van der Waals surface area (Å²) in [6, 6.07) is 14.1. The minimum absolute atomic E-state index is 0.106. The Kier molecular flexibility index (Phi) is 4.27. The quantitative estimate of drug-likeness (QED) is 0.675. The third-order valence-electron chi connectivity index (χ3n) is 4.37. The zero-order valence-electron chi connectivity index (χ0n) is 14.0. The molecule has 1 aliphatic heterocycles. The molecule has 3 heterocycles. The first-order valence-corrected chi connectivity index (χ1v) is 9.12. The van der Waals surface area contributed by atoms with Crippen molar-refractivity contribution in [1.29, 1.82) is 10.7 Å². The number of hydrogen-bond acceptors (Lipinski definition) is 6. The van der Waals surface area contributed by atoms with Gasteiger partial charge < -0.3 is 9.15 Å². The van der Waals surface area contributed by atoms with Gasteiger partial charge >= 0.3 is 0 Å². The number of nitriles is 1. The summed E-state index contributed by atoms with van der Waals surface area (Å²) >= 11 is 1.67. The smallest absolute Gasteiger partial charge is 0.243 e. The first kappa shape index (κ1) is 16.5. The third-order valence-corrected chi connectivity index (χ3v) is 5.41. The second-order valence-corrected chi connectivity index (χ2v) is 7.14. The minimum atomic E-state index is -0.741. The molecule has 2 N–H and O–H groups in total. The third kappa shape index (κ3) is 2.89. The van der Waals surface area contributed by atoms with Gasteiger partial charge in [-0.1, -0.05) is 17.7 Å². The number of H-pyrrole nitrogens is 1. The predicted molar refractivity (Wildman–Crippen MR) is 97.3 cm³/mol. The molecule has 0 bridgehead atoms. The maximum absolute atomic E-state index is 9.57. The lowest BCUT2D eigenvalue weighted by Gasteiger charge is -2.26. The van der Waals surface area contributed by atoms with Gasteiger partial charge in [-0.2, -0.15) is 5.26 Å². The molecule has 2 aromatic heterocycles. The van der Waals surface area contributed by atoms with Crippen LogP contribution in [-0.4, -0.2) is 16.1 Å². The van der Waals surface area contributed by atoms with Crippen LogP contribution in [0, 0.1) is 29.6 Å². The molecule has 6 nitrogen and oxygen atoms in total. The Balaban J connectivity index is 1.68. The molecule has 7 heteroatoms. The number of ether oxygens (including phenoxy) is 1. The number of aromatic amines is 1. The molecular formula is C19H16N4O2S. The number of hydrogen-bond donors (Lipinski definition) is 2. The van der Waals surface area contributed by atoms with Crippen molar-refractivity contribution >= 4 is 17.7 Å². The molecule has 0 aliphatic carbocycles. The summed E-state index contributed by atoms with van der Waals surface area (Å²) < 4.78 is 11.0. The van der Waals surface area contributed by atoms with Crippen molar-refractivity contribution in [2.75, 3.05) is 0 Å². The highest BCUT2D eigenvalue weighted by molar-refractivity contribution is 7.98. The molecule has 2 atom stereocenters. The van der Waals surface area contributed by atoms with Gasteiger partial charge in [-0.25, -0.2) is 0 Å². The van der Waals surface area contributed by atoms with Crippen molar-refractivity contribution in [3.63, 3.8) is 0 Å². The zero-order valence-corrected chi connectivity index (χ0v) is 14.8. The van der Waals surface area contributed by atoms with Crippen LogP contribution in [0.5, 0.6) is 5.88 Å². The number of aromatic nitrogens is 2. The minimum Gasteiger partial charge on any atom is -0.469 e. The van der Waals surface area contributed by atoms with Crippen molar-refractivity contribution in [2.24, 2.45) is 5.92 Å². The van der Waals surface area contributed by atoms with Gasteiger partial charge in [-0.05, 0) is 31.2 Å². The van der Waals surface area contributed by atoms with Gasteiger partial charge in [0.05, 0.1) is 29.5 Å². The number of benzene rings is 1. The van der Waals surface area contributed by atoms with E-state index in [0.717, 1.165) is 16.2 Å². The van der Waals surface area contributed by atoms with Crippen molar-refractivity contribution in [3.8, 4) is 11.9 Å². The average molecular weight is 364 g/mol. The van der Waals surface area contributed by atoms with Crippen LogP contribution in [0.3, 0.4) is 0 Å². The number of nitrogens with one attached hydrogen (secondary N) is 2. The van der Waals surface area contributed by atoms with E-state index < -0.39 is 11.8 Å². The Labute approximate surface area is 154 Å². The molecule has 26 heavy (non-hydrogen) atoms. The highest BCUT2D eigenvalue weighted by Crippen LogP contribution is 2.44. The topological polar surface area (TPSA) is 98.7 Å². The molecule has 1 aliphatic rings. The van der Waals surface area contributed by atoms with Crippen LogP contribution >= 0.6 is 11.8 Å². The lowest BCUT2D eigenvalue weighted by atomic mass is 9.83. The van der Waals surface area contributed by atoms with Crippen LogP contribution in [-0.2, 0) is 5.75 Å². The van der Waals surface area contributed by atoms with E-state index in [0.29, 0.717) is 17.4 Å². The lowest BCUT2D eigenvalue weighted by molar-refractivity contribution is 0.399. The Morgan fingerprint density at radius 1 is 1.31 bits per heavy atom. The lowest BCUT2D eigenvalue weighted by Crippen LogP contribution is -2.30. The van der Waals surface area contributed by atoms with Gasteiger partial charge in [0.1, 0.15) is 11.7 Å². The normalized spacial score (nSPS) is 18.8. The van der Waals surface area contributed by atoms with E-state index in [1.165, 1.54) is 5.56 Å². The Morgan fingerprint density at radius 2 is 2.12 bits per heavy atom. The number of thioether (sulfide) groups is 1. The van der Waals surface area contributed by atoms with E-state index >= 15 is 0 Å². The van der Waals surface area contributed by atoms with E-state index in [9.17, 15) is 5.26 Å². The molecule has 0 amide bonds. The number of fused-ring (bicyclic) bond motifs is 1. The van der Waals surface area contributed by atoms with Crippen molar-refractivity contribution in [2.45, 2.75) is 23.5 Å². The second-order valence-electron chi connectivity index (χ2n) is 6.09. The first-order valence-electron chi connectivity index (χ1n) is 8.13. The molecular weight excluding hydrogens is 348 g/mol. The molecule has 0 saturated carbocycles. The highest BCUT2D eigenvalue weighted by atomic mass is 32.2.